The van der Waals surface area contributed by atoms with E-state index in [4.69, 9.17) is 5.73 Å². The normalized spacial score (nSPS) is 32.2. The number of hydrogen-bond donors (Lipinski definition) is 1. The van der Waals surface area contributed by atoms with E-state index in [1.165, 1.54) is 50.2 Å². The first-order valence-corrected chi connectivity index (χ1v) is 7.52. The van der Waals surface area contributed by atoms with Crippen LogP contribution in [0.15, 0.2) is 0 Å². The van der Waals surface area contributed by atoms with Crippen LogP contribution in [0.4, 0.5) is 0 Å². The van der Waals surface area contributed by atoms with E-state index < -0.39 is 0 Å². The minimum absolute atomic E-state index is 0.347. The van der Waals surface area contributed by atoms with Crippen LogP contribution in [0.5, 0.6) is 0 Å². The molecule has 3 heteroatoms. The van der Waals surface area contributed by atoms with Gasteiger partial charge in [0, 0.05) is 23.9 Å². The van der Waals surface area contributed by atoms with Gasteiger partial charge in [-0.3, -0.25) is 4.90 Å². The van der Waals surface area contributed by atoms with E-state index in [1.807, 2.05) is 0 Å². The predicted octanol–water partition coefficient (Wildman–Crippen LogP) is 2.09. The number of nitrogens with two attached hydrogens (primary N) is 1. The van der Waals surface area contributed by atoms with Crippen LogP contribution in [0.1, 0.15) is 39.0 Å². The van der Waals surface area contributed by atoms with Crippen LogP contribution in [0, 0.1) is 0 Å². The first-order valence-electron chi connectivity index (χ1n) is 6.37. The van der Waals surface area contributed by atoms with Crippen molar-refractivity contribution in [3.63, 3.8) is 0 Å². The number of thioether (sulfide) groups is 1. The maximum absolute atomic E-state index is 6.08. The summed E-state index contributed by atoms with van der Waals surface area (Å²) in [5, 5.41) is 0. The Hall–Kier alpha value is 0.270. The monoisotopic (exact) mass is 228 g/mol. The fraction of sp³-hybridized carbons (Fsp3) is 1.00. The zero-order valence-corrected chi connectivity index (χ0v) is 10.7. The molecule has 0 bridgehead atoms. The number of nitrogens with zero attached hydrogens (tertiary/aromatic N) is 1. The third-order valence-electron chi connectivity index (χ3n) is 3.74. The smallest absolute Gasteiger partial charge is 0.0425 e. The molecule has 2 rings (SSSR count). The van der Waals surface area contributed by atoms with E-state index in [0.717, 1.165) is 12.6 Å². The van der Waals surface area contributed by atoms with Gasteiger partial charge in [-0.25, -0.2) is 0 Å². The SMILES string of the molecule is CCCN(C1CC1)C1(CN)CCCSC1. The summed E-state index contributed by atoms with van der Waals surface area (Å²) in [4.78, 5) is 2.75. The van der Waals surface area contributed by atoms with Crippen molar-refractivity contribution < 1.29 is 0 Å². The molecular weight excluding hydrogens is 204 g/mol. The highest BCUT2D eigenvalue weighted by molar-refractivity contribution is 7.99. The van der Waals surface area contributed by atoms with E-state index >= 15 is 0 Å². The Morgan fingerprint density at radius 1 is 1.47 bits per heavy atom. The zero-order valence-electron chi connectivity index (χ0n) is 9.87. The second-order valence-electron chi connectivity index (χ2n) is 5.01. The van der Waals surface area contributed by atoms with Crippen LogP contribution in [0.25, 0.3) is 0 Å². The maximum Gasteiger partial charge on any atom is 0.0425 e. The molecule has 0 radical (unpaired) electrons. The minimum atomic E-state index is 0.347. The van der Waals surface area contributed by atoms with Gasteiger partial charge < -0.3 is 5.73 Å². The Kier molecular flexibility index (Phi) is 3.97. The lowest BCUT2D eigenvalue weighted by Crippen LogP contribution is -2.58. The largest absolute Gasteiger partial charge is 0.329 e. The molecule has 88 valence electrons. The van der Waals surface area contributed by atoms with Gasteiger partial charge in [0.25, 0.3) is 0 Å². The number of rotatable bonds is 5. The van der Waals surface area contributed by atoms with Crippen molar-refractivity contribution in [3.8, 4) is 0 Å². The second kappa shape index (κ2) is 5.07. The molecule has 0 aromatic heterocycles. The van der Waals surface area contributed by atoms with Gasteiger partial charge >= 0.3 is 0 Å². The van der Waals surface area contributed by atoms with Crippen LogP contribution in [0.3, 0.4) is 0 Å². The summed E-state index contributed by atoms with van der Waals surface area (Å²) >= 11 is 2.10. The van der Waals surface area contributed by atoms with Crippen LogP contribution >= 0.6 is 11.8 Å². The van der Waals surface area contributed by atoms with Crippen LogP contribution in [-0.2, 0) is 0 Å². The minimum Gasteiger partial charge on any atom is -0.329 e. The van der Waals surface area contributed by atoms with Crippen LogP contribution in [-0.4, -0.2) is 41.1 Å². The highest BCUT2D eigenvalue weighted by Crippen LogP contribution is 2.39. The molecule has 2 nitrogen and oxygen atoms in total. The predicted molar refractivity (Wildman–Crippen MR) is 68.4 cm³/mol. The molecule has 15 heavy (non-hydrogen) atoms. The zero-order chi connectivity index (χ0) is 10.7. The highest BCUT2D eigenvalue weighted by atomic mass is 32.2. The molecular formula is C12H24N2S. The summed E-state index contributed by atoms with van der Waals surface area (Å²) < 4.78 is 0. The standard InChI is InChI=1S/C12H24N2S/c1-2-7-14(11-4-5-11)12(9-13)6-3-8-15-10-12/h11H,2-10,13H2,1H3. The molecule has 1 unspecified atom stereocenters. The van der Waals surface area contributed by atoms with E-state index in [0.29, 0.717) is 5.54 Å². The van der Waals surface area contributed by atoms with Gasteiger partial charge in [-0.1, -0.05) is 6.92 Å². The van der Waals surface area contributed by atoms with Gasteiger partial charge in [-0.15, -0.1) is 0 Å². The summed E-state index contributed by atoms with van der Waals surface area (Å²) in [7, 11) is 0. The van der Waals surface area contributed by atoms with Gasteiger partial charge in [-0.2, -0.15) is 11.8 Å². The summed E-state index contributed by atoms with van der Waals surface area (Å²) in [6.45, 7) is 4.40. The Morgan fingerprint density at radius 3 is 2.73 bits per heavy atom. The lowest BCUT2D eigenvalue weighted by Gasteiger charge is -2.46. The third-order valence-corrected chi connectivity index (χ3v) is 5.06. The average molecular weight is 228 g/mol. The lowest BCUT2D eigenvalue weighted by molar-refractivity contribution is 0.0932. The van der Waals surface area contributed by atoms with E-state index in [9.17, 15) is 0 Å². The third kappa shape index (κ3) is 2.51. The first-order chi connectivity index (χ1) is 7.32. The average Bonchev–Trinajstić information content (AvgIpc) is 3.11. The molecule has 0 aromatic rings. The molecule has 1 saturated carbocycles. The Bertz CT molecular complexity index is 198. The van der Waals surface area contributed by atoms with Gasteiger partial charge in [-0.05, 0) is 44.4 Å². The maximum atomic E-state index is 6.08. The molecule has 1 heterocycles. The van der Waals surface area contributed by atoms with Crippen molar-refractivity contribution in [2.24, 2.45) is 5.73 Å². The van der Waals surface area contributed by atoms with Gasteiger partial charge in [0.15, 0.2) is 0 Å². The summed E-state index contributed by atoms with van der Waals surface area (Å²) in [5.74, 6) is 2.60. The van der Waals surface area contributed by atoms with E-state index in [-0.39, 0.29) is 0 Å². The summed E-state index contributed by atoms with van der Waals surface area (Å²) in [6.07, 6.45) is 6.77. The second-order valence-corrected chi connectivity index (χ2v) is 6.11. The van der Waals surface area contributed by atoms with Crippen LogP contribution in [0.2, 0.25) is 0 Å². The van der Waals surface area contributed by atoms with Crippen molar-refractivity contribution in [2.75, 3.05) is 24.6 Å². The van der Waals surface area contributed by atoms with Gasteiger partial charge in [0.2, 0.25) is 0 Å². The molecule has 2 aliphatic rings. The van der Waals surface area contributed by atoms with Crippen molar-refractivity contribution >= 4 is 11.8 Å². The first kappa shape index (κ1) is 11.7. The fourth-order valence-electron chi connectivity index (χ4n) is 2.78. The van der Waals surface area contributed by atoms with Crippen LogP contribution < -0.4 is 5.73 Å². The van der Waals surface area contributed by atoms with Crippen molar-refractivity contribution in [2.45, 2.75) is 50.6 Å². The fourth-order valence-corrected chi connectivity index (χ4v) is 4.08. The Balaban J connectivity index is 2.05. The molecule has 1 aliphatic heterocycles. The Labute approximate surface area is 98.0 Å². The molecule has 0 aromatic carbocycles. The lowest BCUT2D eigenvalue weighted by atomic mass is 9.92. The summed E-state index contributed by atoms with van der Waals surface area (Å²) in [6, 6.07) is 0.868. The van der Waals surface area contributed by atoms with Gasteiger partial charge in [0.05, 0.1) is 0 Å². The highest BCUT2D eigenvalue weighted by Gasteiger charge is 2.43. The van der Waals surface area contributed by atoms with E-state index in [2.05, 4.69) is 23.6 Å². The quantitative estimate of drug-likeness (QED) is 0.781. The molecule has 2 fully saturated rings. The summed E-state index contributed by atoms with van der Waals surface area (Å²) in [5.41, 5.74) is 6.43. The number of hydrogen-bond acceptors (Lipinski definition) is 3. The molecule has 1 atom stereocenters. The topological polar surface area (TPSA) is 29.3 Å². The van der Waals surface area contributed by atoms with Gasteiger partial charge in [0.1, 0.15) is 0 Å². The van der Waals surface area contributed by atoms with Crippen molar-refractivity contribution in [3.05, 3.63) is 0 Å². The van der Waals surface area contributed by atoms with Crippen molar-refractivity contribution in [1.29, 1.82) is 0 Å². The van der Waals surface area contributed by atoms with Crippen molar-refractivity contribution in [1.82, 2.24) is 4.90 Å². The molecule has 2 N–H and O–H groups in total. The molecule has 1 saturated heterocycles. The molecule has 0 amide bonds. The van der Waals surface area contributed by atoms with E-state index in [1.54, 1.807) is 0 Å². The molecule has 0 spiro atoms. The molecule has 1 aliphatic carbocycles. The Morgan fingerprint density at radius 2 is 2.27 bits per heavy atom.